The summed E-state index contributed by atoms with van der Waals surface area (Å²) in [7, 11) is 0. The first-order valence-corrected chi connectivity index (χ1v) is 7.60. The zero-order chi connectivity index (χ0) is 15.5. The molecule has 0 aliphatic carbocycles. The van der Waals surface area contributed by atoms with Crippen LogP contribution in [0.5, 0.6) is 0 Å². The average molecular weight is 356 g/mol. The number of benzene rings is 2. The van der Waals surface area contributed by atoms with Crippen LogP contribution in [-0.4, -0.2) is 15.5 Å². The molecule has 0 spiro atoms. The van der Waals surface area contributed by atoms with Crippen molar-refractivity contribution in [3.63, 3.8) is 0 Å². The third-order valence-electron chi connectivity index (χ3n) is 3.34. The van der Waals surface area contributed by atoms with Crippen molar-refractivity contribution in [1.82, 2.24) is 9.55 Å². The molecule has 3 aromatic rings. The molecule has 0 aliphatic heterocycles. The normalized spacial score (nSPS) is 10.5. The molecule has 3 rings (SSSR count). The summed E-state index contributed by atoms with van der Waals surface area (Å²) < 4.78 is 2.75. The molecule has 1 aromatic heterocycles. The highest BCUT2D eigenvalue weighted by Gasteiger charge is 2.14. The lowest BCUT2D eigenvalue weighted by atomic mass is 10.2. The molecule has 4 nitrogen and oxygen atoms in total. The van der Waals surface area contributed by atoms with Crippen molar-refractivity contribution in [3.8, 4) is 5.69 Å². The Hall–Kier alpha value is -2.40. The molecule has 0 saturated carbocycles. The maximum Gasteiger partial charge on any atom is 0.274 e. The van der Waals surface area contributed by atoms with Crippen LogP contribution in [0.2, 0.25) is 0 Å². The molecule has 5 heteroatoms. The van der Waals surface area contributed by atoms with Gasteiger partial charge >= 0.3 is 0 Å². The third kappa shape index (κ3) is 2.94. The Morgan fingerprint density at radius 1 is 1.18 bits per heavy atom. The number of carbonyl (C=O) groups excluding carboxylic acids is 1. The van der Waals surface area contributed by atoms with Gasteiger partial charge in [-0.15, -0.1) is 0 Å². The summed E-state index contributed by atoms with van der Waals surface area (Å²) in [6, 6.07) is 15.4. The van der Waals surface area contributed by atoms with E-state index in [-0.39, 0.29) is 5.91 Å². The number of aryl methyl sites for hydroxylation is 1. The first-order chi connectivity index (χ1) is 10.6. The second-order valence-corrected chi connectivity index (χ2v) is 5.81. The lowest BCUT2D eigenvalue weighted by Crippen LogP contribution is -2.16. The average Bonchev–Trinajstić information content (AvgIpc) is 3.00. The van der Waals surface area contributed by atoms with Crippen LogP contribution < -0.4 is 5.32 Å². The quantitative estimate of drug-likeness (QED) is 0.765. The Bertz CT molecular complexity index is 812. The van der Waals surface area contributed by atoms with Gasteiger partial charge in [-0.25, -0.2) is 4.98 Å². The molecule has 0 atom stereocenters. The van der Waals surface area contributed by atoms with Crippen LogP contribution in [-0.2, 0) is 0 Å². The molecular formula is C17H14BrN3O. The SMILES string of the molecule is Cc1cc(Br)ccc1NC(=O)c1cncn1-c1ccccc1. The van der Waals surface area contributed by atoms with E-state index in [1.54, 1.807) is 17.1 Å². The number of anilines is 1. The summed E-state index contributed by atoms with van der Waals surface area (Å²) in [5.41, 5.74) is 3.17. The highest BCUT2D eigenvalue weighted by Crippen LogP contribution is 2.21. The maximum atomic E-state index is 12.5. The van der Waals surface area contributed by atoms with Crippen molar-refractivity contribution in [2.45, 2.75) is 6.92 Å². The molecule has 1 N–H and O–H groups in total. The summed E-state index contributed by atoms with van der Waals surface area (Å²) in [4.78, 5) is 16.6. The molecule has 110 valence electrons. The lowest BCUT2D eigenvalue weighted by molar-refractivity contribution is 0.102. The Balaban J connectivity index is 1.89. The van der Waals surface area contributed by atoms with Crippen LogP contribution >= 0.6 is 15.9 Å². The minimum Gasteiger partial charge on any atom is -0.320 e. The van der Waals surface area contributed by atoms with E-state index >= 15 is 0 Å². The van der Waals surface area contributed by atoms with Crippen LogP contribution in [0.25, 0.3) is 5.69 Å². The Labute approximate surface area is 136 Å². The minimum absolute atomic E-state index is 0.188. The van der Waals surface area contributed by atoms with Gasteiger partial charge in [-0.2, -0.15) is 0 Å². The van der Waals surface area contributed by atoms with E-state index in [0.717, 1.165) is 21.4 Å². The number of aromatic nitrogens is 2. The number of amides is 1. The Kier molecular flexibility index (Phi) is 4.06. The van der Waals surface area contributed by atoms with Gasteiger partial charge in [0.25, 0.3) is 5.91 Å². The van der Waals surface area contributed by atoms with Crippen molar-refractivity contribution < 1.29 is 4.79 Å². The van der Waals surface area contributed by atoms with E-state index < -0.39 is 0 Å². The fourth-order valence-electron chi connectivity index (χ4n) is 2.21. The summed E-state index contributed by atoms with van der Waals surface area (Å²) >= 11 is 3.42. The topological polar surface area (TPSA) is 46.9 Å². The smallest absolute Gasteiger partial charge is 0.274 e. The number of carbonyl (C=O) groups is 1. The highest BCUT2D eigenvalue weighted by atomic mass is 79.9. The largest absolute Gasteiger partial charge is 0.320 e. The van der Waals surface area contributed by atoms with Crippen molar-refractivity contribution in [1.29, 1.82) is 0 Å². The fourth-order valence-corrected chi connectivity index (χ4v) is 2.69. The molecule has 0 bridgehead atoms. The fraction of sp³-hybridized carbons (Fsp3) is 0.0588. The summed E-state index contributed by atoms with van der Waals surface area (Å²) in [6.07, 6.45) is 3.20. The van der Waals surface area contributed by atoms with Gasteiger partial charge in [0.05, 0.1) is 12.5 Å². The highest BCUT2D eigenvalue weighted by molar-refractivity contribution is 9.10. The van der Waals surface area contributed by atoms with Gasteiger partial charge < -0.3 is 5.32 Å². The van der Waals surface area contributed by atoms with Gasteiger partial charge in [0.1, 0.15) is 5.69 Å². The van der Waals surface area contributed by atoms with Crippen LogP contribution in [0.4, 0.5) is 5.69 Å². The number of halogens is 1. The van der Waals surface area contributed by atoms with E-state index in [4.69, 9.17) is 0 Å². The molecule has 0 aliphatic rings. The van der Waals surface area contributed by atoms with E-state index in [2.05, 4.69) is 26.2 Å². The molecule has 2 aromatic carbocycles. The number of hydrogen-bond acceptors (Lipinski definition) is 2. The third-order valence-corrected chi connectivity index (χ3v) is 3.84. The first kappa shape index (κ1) is 14.5. The summed E-state index contributed by atoms with van der Waals surface area (Å²) in [6.45, 7) is 1.95. The molecule has 0 radical (unpaired) electrons. The number of nitrogens with zero attached hydrogens (tertiary/aromatic N) is 2. The maximum absolute atomic E-state index is 12.5. The molecule has 0 fully saturated rings. The molecule has 22 heavy (non-hydrogen) atoms. The van der Waals surface area contributed by atoms with Crippen LogP contribution in [0.1, 0.15) is 16.1 Å². The van der Waals surface area contributed by atoms with Gasteiger partial charge in [0.2, 0.25) is 0 Å². The zero-order valence-corrected chi connectivity index (χ0v) is 13.5. The minimum atomic E-state index is -0.188. The van der Waals surface area contributed by atoms with Crippen molar-refractivity contribution in [2.75, 3.05) is 5.32 Å². The van der Waals surface area contributed by atoms with E-state index in [9.17, 15) is 4.79 Å². The second kappa shape index (κ2) is 6.15. The number of imidazole rings is 1. The van der Waals surface area contributed by atoms with Crippen molar-refractivity contribution >= 4 is 27.5 Å². The van der Waals surface area contributed by atoms with Crippen molar-refractivity contribution in [2.24, 2.45) is 0 Å². The number of rotatable bonds is 3. The molecule has 0 unspecified atom stereocenters. The van der Waals surface area contributed by atoms with Gasteiger partial charge in [-0.3, -0.25) is 9.36 Å². The molecule has 1 amide bonds. The van der Waals surface area contributed by atoms with Crippen LogP contribution in [0.15, 0.2) is 65.5 Å². The molecular weight excluding hydrogens is 342 g/mol. The predicted molar refractivity (Wildman–Crippen MR) is 90.4 cm³/mol. The number of para-hydroxylation sites is 1. The van der Waals surface area contributed by atoms with E-state index in [0.29, 0.717) is 5.69 Å². The van der Waals surface area contributed by atoms with E-state index in [1.165, 1.54) is 0 Å². The Morgan fingerprint density at radius 2 is 1.95 bits per heavy atom. The van der Waals surface area contributed by atoms with Gasteiger partial charge in [0, 0.05) is 15.8 Å². The van der Waals surface area contributed by atoms with Gasteiger partial charge in [0.15, 0.2) is 0 Å². The predicted octanol–water partition coefficient (Wildman–Crippen LogP) is 4.20. The first-order valence-electron chi connectivity index (χ1n) is 6.80. The Morgan fingerprint density at radius 3 is 2.68 bits per heavy atom. The van der Waals surface area contributed by atoms with E-state index in [1.807, 2.05) is 55.5 Å². The number of hydrogen-bond donors (Lipinski definition) is 1. The second-order valence-electron chi connectivity index (χ2n) is 4.90. The monoisotopic (exact) mass is 355 g/mol. The van der Waals surface area contributed by atoms with Crippen LogP contribution in [0, 0.1) is 6.92 Å². The standard InChI is InChI=1S/C17H14BrN3O/c1-12-9-13(18)7-8-15(12)20-17(22)16-10-19-11-21(16)14-5-3-2-4-6-14/h2-11H,1H3,(H,20,22). The number of nitrogens with one attached hydrogen (secondary N) is 1. The summed E-state index contributed by atoms with van der Waals surface area (Å²) in [5.74, 6) is -0.188. The van der Waals surface area contributed by atoms with Gasteiger partial charge in [-0.05, 0) is 42.8 Å². The zero-order valence-electron chi connectivity index (χ0n) is 12.0. The lowest BCUT2D eigenvalue weighted by Gasteiger charge is -2.11. The molecule has 1 heterocycles. The summed E-state index contributed by atoms with van der Waals surface area (Å²) in [5, 5.41) is 2.93. The molecule has 0 saturated heterocycles. The van der Waals surface area contributed by atoms with Gasteiger partial charge in [-0.1, -0.05) is 34.1 Å². The van der Waals surface area contributed by atoms with Crippen LogP contribution in [0.3, 0.4) is 0 Å². The van der Waals surface area contributed by atoms with Crippen molar-refractivity contribution in [3.05, 3.63) is 76.8 Å².